The van der Waals surface area contributed by atoms with Gasteiger partial charge in [0.1, 0.15) is 0 Å². The Balaban J connectivity index is 1.95. The second-order valence-corrected chi connectivity index (χ2v) is 6.52. The lowest BCUT2D eigenvalue weighted by Gasteiger charge is -2.32. The maximum atomic E-state index is 6.49. The molecule has 84 valence electrons. The van der Waals surface area contributed by atoms with Crippen molar-refractivity contribution in [1.29, 1.82) is 0 Å². The first kappa shape index (κ1) is 10.7. The summed E-state index contributed by atoms with van der Waals surface area (Å²) in [6, 6.07) is 0. The molecule has 0 nitrogen and oxygen atoms in total. The van der Waals surface area contributed by atoms with Crippen LogP contribution < -0.4 is 0 Å². The number of alkyl halides is 1. The van der Waals surface area contributed by atoms with Gasteiger partial charge in [0, 0.05) is 11.7 Å². The fourth-order valence-corrected chi connectivity index (χ4v) is 4.56. The lowest BCUT2D eigenvalue weighted by molar-refractivity contribution is 0.339. The van der Waals surface area contributed by atoms with Crippen LogP contribution in [0, 0.1) is 23.7 Å². The van der Waals surface area contributed by atoms with Gasteiger partial charge in [0.15, 0.2) is 0 Å². The van der Waals surface area contributed by atoms with Crippen LogP contribution in [0.4, 0.5) is 0 Å². The van der Waals surface area contributed by atoms with Gasteiger partial charge in [0.25, 0.3) is 0 Å². The quantitative estimate of drug-likeness (QED) is 0.586. The highest BCUT2D eigenvalue weighted by atomic mass is 35.5. The summed E-state index contributed by atoms with van der Waals surface area (Å²) < 4.78 is 0.221. The highest BCUT2D eigenvalue weighted by Gasteiger charge is 2.38. The van der Waals surface area contributed by atoms with Gasteiger partial charge in [0.05, 0.1) is 4.71 Å². The van der Waals surface area contributed by atoms with E-state index in [1.54, 1.807) is 0 Å². The van der Waals surface area contributed by atoms with Gasteiger partial charge in [-0.1, -0.05) is 48.6 Å². The minimum Gasteiger partial charge on any atom is -0.141 e. The van der Waals surface area contributed by atoms with E-state index >= 15 is 0 Å². The minimum absolute atomic E-state index is 0.221. The SMILES string of the molecule is ClC1SCC2C=CC=CC2C2C=CC=CC12. The first-order valence-electron chi connectivity index (χ1n) is 5.82. The van der Waals surface area contributed by atoms with E-state index in [1.807, 2.05) is 11.8 Å². The number of fused-ring (bicyclic) bond motifs is 3. The molecule has 0 aromatic rings. The highest BCUT2D eigenvalue weighted by Crippen LogP contribution is 2.45. The van der Waals surface area contributed by atoms with E-state index in [2.05, 4.69) is 48.6 Å². The van der Waals surface area contributed by atoms with Gasteiger partial charge in [-0.25, -0.2) is 0 Å². The Bertz CT molecular complexity index is 380. The zero-order valence-electron chi connectivity index (χ0n) is 9.00. The first-order valence-corrected chi connectivity index (χ1v) is 7.30. The van der Waals surface area contributed by atoms with Crippen LogP contribution in [0.2, 0.25) is 0 Å². The van der Waals surface area contributed by atoms with Crippen LogP contribution in [0.1, 0.15) is 0 Å². The second kappa shape index (κ2) is 4.46. The summed E-state index contributed by atoms with van der Waals surface area (Å²) in [7, 11) is 0. The van der Waals surface area contributed by atoms with Crippen LogP contribution in [0.5, 0.6) is 0 Å². The Morgan fingerprint density at radius 2 is 1.44 bits per heavy atom. The summed E-state index contributed by atoms with van der Waals surface area (Å²) in [5, 5.41) is 0. The van der Waals surface area contributed by atoms with Gasteiger partial charge in [-0.15, -0.1) is 23.4 Å². The van der Waals surface area contributed by atoms with Gasteiger partial charge in [-0.3, -0.25) is 0 Å². The third-order valence-electron chi connectivity index (χ3n) is 3.71. The molecule has 1 fully saturated rings. The van der Waals surface area contributed by atoms with Crippen molar-refractivity contribution < 1.29 is 0 Å². The Morgan fingerprint density at radius 3 is 2.25 bits per heavy atom. The molecule has 0 bridgehead atoms. The first-order chi connectivity index (χ1) is 7.86. The molecular weight excluding hydrogens is 236 g/mol. The van der Waals surface area contributed by atoms with Gasteiger partial charge >= 0.3 is 0 Å². The molecule has 1 saturated heterocycles. The van der Waals surface area contributed by atoms with E-state index in [0.717, 1.165) is 5.75 Å². The number of hydrogen-bond acceptors (Lipinski definition) is 1. The summed E-state index contributed by atoms with van der Waals surface area (Å²) in [5.41, 5.74) is 0. The summed E-state index contributed by atoms with van der Waals surface area (Å²) in [5.74, 6) is 3.50. The zero-order chi connectivity index (χ0) is 11.0. The van der Waals surface area contributed by atoms with E-state index in [-0.39, 0.29) is 4.71 Å². The molecule has 5 atom stereocenters. The molecule has 1 heterocycles. The van der Waals surface area contributed by atoms with Crippen LogP contribution in [0.15, 0.2) is 48.6 Å². The predicted molar refractivity (Wildman–Crippen MR) is 72.6 cm³/mol. The molecule has 5 unspecified atom stereocenters. The fraction of sp³-hybridized carbons (Fsp3) is 0.429. The summed E-state index contributed by atoms with van der Waals surface area (Å²) in [6.45, 7) is 0. The van der Waals surface area contributed by atoms with Crippen molar-refractivity contribution >= 4 is 23.4 Å². The second-order valence-electron chi connectivity index (χ2n) is 4.62. The lowest BCUT2D eigenvalue weighted by Crippen LogP contribution is -2.27. The van der Waals surface area contributed by atoms with Crippen molar-refractivity contribution in [3.63, 3.8) is 0 Å². The van der Waals surface area contributed by atoms with Gasteiger partial charge in [0.2, 0.25) is 0 Å². The van der Waals surface area contributed by atoms with Crippen LogP contribution in [-0.2, 0) is 0 Å². The molecule has 0 radical (unpaired) electrons. The Labute approximate surface area is 106 Å². The monoisotopic (exact) mass is 250 g/mol. The van der Waals surface area contributed by atoms with Crippen molar-refractivity contribution in [2.75, 3.05) is 5.75 Å². The Kier molecular flexibility index (Phi) is 2.99. The van der Waals surface area contributed by atoms with Crippen molar-refractivity contribution in [3.8, 4) is 0 Å². The Hall–Kier alpha value is -0.400. The summed E-state index contributed by atoms with van der Waals surface area (Å²) in [4.78, 5) is 0. The third kappa shape index (κ3) is 1.80. The van der Waals surface area contributed by atoms with E-state index in [4.69, 9.17) is 11.6 Å². The molecule has 16 heavy (non-hydrogen) atoms. The fourth-order valence-electron chi connectivity index (χ4n) is 2.85. The Morgan fingerprint density at radius 1 is 0.812 bits per heavy atom. The number of thioether (sulfide) groups is 1. The number of halogens is 1. The maximum Gasteiger partial charge on any atom is 0.0857 e. The van der Waals surface area contributed by atoms with Crippen molar-refractivity contribution in [2.45, 2.75) is 4.71 Å². The molecule has 0 saturated carbocycles. The average molecular weight is 251 g/mol. The molecule has 0 aromatic carbocycles. The molecule has 3 rings (SSSR count). The van der Waals surface area contributed by atoms with Gasteiger partial charge in [-0.2, -0.15) is 0 Å². The van der Waals surface area contributed by atoms with Crippen molar-refractivity contribution in [1.82, 2.24) is 0 Å². The largest absolute Gasteiger partial charge is 0.141 e. The van der Waals surface area contributed by atoms with E-state index < -0.39 is 0 Å². The predicted octanol–water partition coefficient (Wildman–Crippen LogP) is 4.01. The normalized spacial score (nSPS) is 44.9. The molecule has 1 aliphatic heterocycles. The minimum atomic E-state index is 0.221. The van der Waals surface area contributed by atoms with E-state index in [1.165, 1.54) is 0 Å². The standard InChI is InChI=1S/C14H15ClS/c15-14-13-8-4-3-7-12(13)11-6-2-1-5-10(11)9-16-14/h1-8,10-14H,9H2. The van der Waals surface area contributed by atoms with E-state index in [0.29, 0.717) is 23.7 Å². The molecule has 2 heteroatoms. The molecule has 0 spiro atoms. The van der Waals surface area contributed by atoms with E-state index in [9.17, 15) is 0 Å². The van der Waals surface area contributed by atoms with Crippen LogP contribution >= 0.6 is 23.4 Å². The molecule has 0 N–H and O–H groups in total. The molecule has 2 aliphatic carbocycles. The molecule has 3 aliphatic rings. The van der Waals surface area contributed by atoms with Crippen LogP contribution in [0.25, 0.3) is 0 Å². The molecule has 0 aromatic heterocycles. The van der Waals surface area contributed by atoms with Gasteiger partial charge in [-0.05, 0) is 17.8 Å². The maximum absolute atomic E-state index is 6.49. The van der Waals surface area contributed by atoms with Crippen LogP contribution in [-0.4, -0.2) is 10.5 Å². The lowest BCUT2D eigenvalue weighted by atomic mass is 9.73. The topological polar surface area (TPSA) is 0 Å². The average Bonchev–Trinajstić information content (AvgIpc) is 2.49. The number of rotatable bonds is 0. The van der Waals surface area contributed by atoms with Crippen molar-refractivity contribution in [2.24, 2.45) is 23.7 Å². The molecule has 0 amide bonds. The molecular formula is C14H15ClS. The number of hydrogen-bond donors (Lipinski definition) is 0. The third-order valence-corrected chi connectivity index (χ3v) is 5.59. The smallest absolute Gasteiger partial charge is 0.0857 e. The zero-order valence-corrected chi connectivity index (χ0v) is 10.6. The number of allylic oxidation sites excluding steroid dienone is 8. The van der Waals surface area contributed by atoms with Crippen molar-refractivity contribution in [3.05, 3.63) is 48.6 Å². The summed E-state index contributed by atoms with van der Waals surface area (Å²) in [6.07, 6.45) is 18.0. The summed E-state index contributed by atoms with van der Waals surface area (Å²) >= 11 is 8.39. The van der Waals surface area contributed by atoms with Crippen LogP contribution in [0.3, 0.4) is 0 Å². The highest BCUT2D eigenvalue weighted by molar-refractivity contribution is 8.01. The van der Waals surface area contributed by atoms with Gasteiger partial charge < -0.3 is 0 Å².